The van der Waals surface area contributed by atoms with Gasteiger partial charge in [-0.05, 0) is 24.1 Å². The van der Waals surface area contributed by atoms with Crippen molar-refractivity contribution in [2.75, 3.05) is 20.2 Å². The van der Waals surface area contributed by atoms with Crippen LogP contribution in [0.25, 0.3) is 0 Å². The predicted octanol–water partition coefficient (Wildman–Crippen LogP) is 1.67. The second-order valence-corrected chi connectivity index (χ2v) is 4.25. The SMILES string of the molecule is COC1(Cc2ccc(C)c(F)c2)CNC1. The summed E-state index contributed by atoms with van der Waals surface area (Å²) in [6.07, 6.45) is 0.772. The molecule has 1 saturated heterocycles. The van der Waals surface area contributed by atoms with Gasteiger partial charge in [0.05, 0.1) is 5.60 Å². The van der Waals surface area contributed by atoms with Crippen LogP contribution in [0.4, 0.5) is 4.39 Å². The monoisotopic (exact) mass is 209 g/mol. The zero-order valence-electron chi connectivity index (χ0n) is 9.14. The number of methoxy groups -OCH3 is 1. The Hall–Kier alpha value is -0.930. The summed E-state index contributed by atoms with van der Waals surface area (Å²) in [5, 5.41) is 3.18. The highest BCUT2D eigenvalue weighted by molar-refractivity contribution is 5.25. The second kappa shape index (κ2) is 3.91. The molecule has 1 N–H and O–H groups in total. The molecule has 0 radical (unpaired) electrons. The molecule has 0 aliphatic carbocycles. The summed E-state index contributed by atoms with van der Waals surface area (Å²) < 4.78 is 18.8. The summed E-state index contributed by atoms with van der Waals surface area (Å²) in [7, 11) is 1.71. The lowest BCUT2D eigenvalue weighted by atomic mass is 9.88. The maximum Gasteiger partial charge on any atom is 0.126 e. The molecule has 1 aliphatic rings. The topological polar surface area (TPSA) is 21.3 Å². The van der Waals surface area contributed by atoms with Crippen LogP contribution in [0, 0.1) is 12.7 Å². The largest absolute Gasteiger partial charge is 0.375 e. The standard InChI is InChI=1S/C12H16FNO/c1-9-3-4-10(5-11(9)13)6-12(15-2)7-14-8-12/h3-5,14H,6-8H2,1-2H3. The summed E-state index contributed by atoms with van der Waals surface area (Å²) in [5.74, 6) is -0.133. The van der Waals surface area contributed by atoms with Crippen LogP contribution in [-0.2, 0) is 11.2 Å². The molecular weight excluding hydrogens is 193 g/mol. The minimum Gasteiger partial charge on any atom is -0.375 e. The van der Waals surface area contributed by atoms with Gasteiger partial charge in [0.1, 0.15) is 5.82 Å². The number of benzene rings is 1. The third kappa shape index (κ3) is 2.03. The highest BCUT2D eigenvalue weighted by atomic mass is 19.1. The highest BCUT2D eigenvalue weighted by Crippen LogP contribution is 2.22. The Labute approximate surface area is 89.4 Å². The van der Waals surface area contributed by atoms with E-state index in [2.05, 4.69) is 5.32 Å². The maximum absolute atomic E-state index is 13.3. The second-order valence-electron chi connectivity index (χ2n) is 4.25. The first kappa shape index (κ1) is 10.6. The zero-order valence-corrected chi connectivity index (χ0v) is 9.14. The molecule has 0 aromatic heterocycles. The molecule has 2 nitrogen and oxygen atoms in total. The van der Waals surface area contributed by atoms with Gasteiger partial charge in [-0.25, -0.2) is 4.39 Å². The number of nitrogens with one attached hydrogen (secondary N) is 1. The first-order valence-corrected chi connectivity index (χ1v) is 5.16. The number of ether oxygens (including phenoxy) is 1. The third-order valence-electron chi connectivity index (χ3n) is 3.09. The summed E-state index contributed by atoms with van der Waals surface area (Å²) in [6, 6.07) is 5.39. The van der Waals surface area contributed by atoms with E-state index in [1.54, 1.807) is 20.1 Å². The average Bonchev–Trinajstić information content (AvgIpc) is 2.17. The van der Waals surface area contributed by atoms with Gasteiger partial charge in [-0.2, -0.15) is 0 Å². The van der Waals surface area contributed by atoms with Crippen molar-refractivity contribution in [2.24, 2.45) is 0 Å². The number of rotatable bonds is 3. The van der Waals surface area contributed by atoms with Crippen molar-refractivity contribution in [2.45, 2.75) is 18.9 Å². The van der Waals surface area contributed by atoms with Crippen molar-refractivity contribution in [3.63, 3.8) is 0 Å². The van der Waals surface area contributed by atoms with Crippen LogP contribution in [-0.4, -0.2) is 25.8 Å². The lowest BCUT2D eigenvalue weighted by molar-refractivity contribution is -0.0502. The van der Waals surface area contributed by atoms with E-state index in [9.17, 15) is 4.39 Å². The van der Waals surface area contributed by atoms with Gasteiger partial charge in [0.25, 0.3) is 0 Å². The molecule has 1 aromatic carbocycles. The van der Waals surface area contributed by atoms with Crippen molar-refractivity contribution in [3.05, 3.63) is 35.1 Å². The van der Waals surface area contributed by atoms with Crippen molar-refractivity contribution >= 4 is 0 Å². The summed E-state index contributed by atoms with van der Waals surface area (Å²) in [4.78, 5) is 0. The van der Waals surface area contributed by atoms with Crippen LogP contribution < -0.4 is 5.32 Å². The first-order chi connectivity index (χ1) is 7.15. The molecule has 2 rings (SSSR count). The Morgan fingerprint density at radius 2 is 2.20 bits per heavy atom. The lowest BCUT2D eigenvalue weighted by Gasteiger charge is -2.41. The van der Waals surface area contributed by atoms with Crippen LogP contribution in [0.3, 0.4) is 0 Å². The molecule has 0 amide bonds. The van der Waals surface area contributed by atoms with E-state index in [0.29, 0.717) is 5.56 Å². The zero-order chi connectivity index (χ0) is 10.9. The fourth-order valence-corrected chi connectivity index (χ4v) is 1.86. The molecule has 1 aliphatic heterocycles. The van der Waals surface area contributed by atoms with Gasteiger partial charge in [-0.3, -0.25) is 0 Å². The molecule has 82 valence electrons. The van der Waals surface area contributed by atoms with Crippen molar-refractivity contribution in [1.29, 1.82) is 0 Å². The Morgan fingerprint density at radius 3 is 2.67 bits per heavy atom. The molecule has 3 heteroatoms. The minimum atomic E-state index is -0.133. The van der Waals surface area contributed by atoms with Gasteiger partial charge >= 0.3 is 0 Å². The van der Waals surface area contributed by atoms with E-state index in [-0.39, 0.29) is 11.4 Å². The molecule has 0 bridgehead atoms. The maximum atomic E-state index is 13.3. The normalized spacial score (nSPS) is 18.6. The van der Waals surface area contributed by atoms with Crippen molar-refractivity contribution < 1.29 is 9.13 Å². The van der Waals surface area contributed by atoms with Gasteiger partial charge in [0, 0.05) is 26.6 Å². The molecular formula is C12H16FNO. The van der Waals surface area contributed by atoms with Gasteiger partial charge in [0.15, 0.2) is 0 Å². The Kier molecular flexibility index (Phi) is 2.76. The van der Waals surface area contributed by atoms with Gasteiger partial charge < -0.3 is 10.1 Å². The van der Waals surface area contributed by atoms with Crippen LogP contribution in [0.1, 0.15) is 11.1 Å². The van der Waals surface area contributed by atoms with E-state index >= 15 is 0 Å². The quantitative estimate of drug-likeness (QED) is 0.817. The Bertz CT molecular complexity index is 355. The molecule has 0 spiro atoms. The van der Waals surface area contributed by atoms with Crippen molar-refractivity contribution in [3.8, 4) is 0 Å². The smallest absolute Gasteiger partial charge is 0.126 e. The summed E-state index contributed by atoms with van der Waals surface area (Å²) in [6.45, 7) is 3.47. The number of halogens is 1. The van der Waals surface area contributed by atoms with Crippen LogP contribution in [0.2, 0.25) is 0 Å². The fourth-order valence-electron chi connectivity index (χ4n) is 1.86. The molecule has 1 fully saturated rings. The summed E-state index contributed by atoms with van der Waals surface area (Å²) in [5.41, 5.74) is 1.57. The van der Waals surface area contributed by atoms with Crippen LogP contribution in [0.5, 0.6) is 0 Å². The van der Waals surface area contributed by atoms with Crippen LogP contribution >= 0.6 is 0 Å². The van der Waals surface area contributed by atoms with E-state index in [1.165, 1.54) is 0 Å². The van der Waals surface area contributed by atoms with E-state index < -0.39 is 0 Å². The van der Waals surface area contributed by atoms with Crippen molar-refractivity contribution in [1.82, 2.24) is 5.32 Å². The van der Waals surface area contributed by atoms with Gasteiger partial charge in [-0.1, -0.05) is 12.1 Å². The van der Waals surface area contributed by atoms with E-state index in [0.717, 1.165) is 25.1 Å². The van der Waals surface area contributed by atoms with Gasteiger partial charge in [0.2, 0.25) is 0 Å². The minimum absolute atomic E-state index is 0.123. The predicted molar refractivity (Wildman–Crippen MR) is 57.5 cm³/mol. The fraction of sp³-hybridized carbons (Fsp3) is 0.500. The molecule has 1 heterocycles. The number of aryl methyl sites for hydroxylation is 1. The van der Waals surface area contributed by atoms with Gasteiger partial charge in [-0.15, -0.1) is 0 Å². The van der Waals surface area contributed by atoms with Crippen LogP contribution in [0.15, 0.2) is 18.2 Å². The first-order valence-electron chi connectivity index (χ1n) is 5.16. The lowest BCUT2D eigenvalue weighted by Crippen LogP contribution is -2.61. The molecule has 0 atom stereocenters. The molecule has 1 aromatic rings. The number of hydrogen-bond acceptors (Lipinski definition) is 2. The molecule has 0 unspecified atom stereocenters. The highest BCUT2D eigenvalue weighted by Gasteiger charge is 2.36. The van der Waals surface area contributed by atoms with E-state index in [1.807, 2.05) is 12.1 Å². The Balaban J connectivity index is 2.13. The van der Waals surface area contributed by atoms with E-state index in [4.69, 9.17) is 4.74 Å². The number of hydrogen-bond donors (Lipinski definition) is 1. The Morgan fingerprint density at radius 1 is 1.47 bits per heavy atom. The molecule has 15 heavy (non-hydrogen) atoms. The molecule has 0 saturated carbocycles. The third-order valence-corrected chi connectivity index (χ3v) is 3.09. The summed E-state index contributed by atoms with van der Waals surface area (Å²) >= 11 is 0. The average molecular weight is 209 g/mol.